The van der Waals surface area contributed by atoms with Gasteiger partial charge >= 0.3 is 0 Å². The first-order chi connectivity index (χ1) is 8.61. The molecule has 1 N–H and O–H groups in total. The van der Waals surface area contributed by atoms with E-state index in [-0.39, 0.29) is 11.9 Å². The van der Waals surface area contributed by atoms with Gasteiger partial charge in [-0.05, 0) is 43.3 Å². The lowest BCUT2D eigenvalue weighted by atomic mass is 9.97. The van der Waals surface area contributed by atoms with Gasteiger partial charge in [-0.1, -0.05) is 35.9 Å². The molecule has 0 heterocycles. The van der Waals surface area contributed by atoms with Crippen molar-refractivity contribution in [1.29, 1.82) is 0 Å². The third kappa shape index (κ3) is 2.71. The zero-order valence-corrected chi connectivity index (χ0v) is 11.1. The summed E-state index contributed by atoms with van der Waals surface area (Å²) in [5, 5.41) is 3.81. The van der Waals surface area contributed by atoms with Crippen LogP contribution in [0.15, 0.2) is 42.5 Å². The monoisotopic (exact) mass is 263 g/mol. The van der Waals surface area contributed by atoms with Gasteiger partial charge in [0.25, 0.3) is 0 Å². The Bertz CT molecular complexity index is 537. The van der Waals surface area contributed by atoms with Gasteiger partial charge in [0, 0.05) is 10.6 Å². The number of hydrogen-bond acceptors (Lipinski definition) is 1. The van der Waals surface area contributed by atoms with Crippen molar-refractivity contribution in [3.05, 3.63) is 70.0 Å². The highest BCUT2D eigenvalue weighted by Gasteiger charge is 2.15. The van der Waals surface area contributed by atoms with Crippen molar-refractivity contribution in [2.24, 2.45) is 0 Å². The van der Waals surface area contributed by atoms with Crippen LogP contribution in [0.25, 0.3) is 0 Å². The molecule has 2 rings (SSSR count). The maximum Gasteiger partial charge on any atom is 0.128 e. The first-order valence-electron chi connectivity index (χ1n) is 5.80. The molecule has 0 saturated heterocycles. The van der Waals surface area contributed by atoms with Crippen LogP contribution >= 0.6 is 11.6 Å². The number of halogens is 2. The Morgan fingerprint density at radius 2 is 1.78 bits per heavy atom. The van der Waals surface area contributed by atoms with Gasteiger partial charge in [-0.2, -0.15) is 0 Å². The first kappa shape index (κ1) is 13.1. The predicted octanol–water partition coefficient (Wildman–Crippen LogP) is 4.10. The number of aryl methyl sites for hydroxylation is 1. The van der Waals surface area contributed by atoms with E-state index in [1.54, 1.807) is 6.07 Å². The Hall–Kier alpha value is -1.38. The fraction of sp³-hybridized carbons (Fsp3) is 0.200. The summed E-state index contributed by atoms with van der Waals surface area (Å²) in [5.74, 6) is -0.190. The number of nitrogens with one attached hydrogen (secondary N) is 1. The molecule has 0 spiro atoms. The van der Waals surface area contributed by atoms with Gasteiger partial charge in [-0.3, -0.25) is 0 Å². The summed E-state index contributed by atoms with van der Waals surface area (Å²) in [6.07, 6.45) is 0. The van der Waals surface area contributed by atoms with Gasteiger partial charge in [-0.15, -0.1) is 0 Å². The van der Waals surface area contributed by atoms with Crippen molar-refractivity contribution < 1.29 is 4.39 Å². The molecule has 1 nitrogen and oxygen atoms in total. The van der Waals surface area contributed by atoms with Crippen molar-refractivity contribution in [2.45, 2.75) is 13.0 Å². The lowest BCUT2D eigenvalue weighted by Crippen LogP contribution is -2.18. The Labute approximate surface area is 112 Å². The molecular formula is C15H15ClFN. The molecule has 2 aromatic rings. The topological polar surface area (TPSA) is 12.0 Å². The van der Waals surface area contributed by atoms with Crippen molar-refractivity contribution in [3.63, 3.8) is 0 Å². The van der Waals surface area contributed by atoms with Crippen LogP contribution in [-0.2, 0) is 0 Å². The fourth-order valence-electron chi connectivity index (χ4n) is 2.02. The summed E-state index contributed by atoms with van der Waals surface area (Å²) in [6.45, 7) is 1.88. The average Bonchev–Trinajstić information content (AvgIpc) is 2.35. The molecule has 0 amide bonds. The summed E-state index contributed by atoms with van der Waals surface area (Å²) < 4.78 is 14.0. The standard InChI is InChI=1S/C15H15ClFN/c1-10-3-8-13(14(17)9-10)15(18-2)11-4-6-12(16)7-5-11/h3-9,15,18H,1-2H3. The van der Waals surface area contributed by atoms with E-state index < -0.39 is 0 Å². The van der Waals surface area contributed by atoms with Gasteiger partial charge in [-0.25, -0.2) is 4.39 Å². The van der Waals surface area contributed by atoms with E-state index in [2.05, 4.69) is 5.32 Å². The van der Waals surface area contributed by atoms with E-state index in [0.717, 1.165) is 11.1 Å². The summed E-state index contributed by atoms with van der Waals surface area (Å²) >= 11 is 5.86. The van der Waals surface area contributed by atoms with E-state index in [1.165, 1.54) is 0 Å². The van der Waals surface area contributed by atoms with E-state index in [9.17, 15) is 4.39 Å². The van der Waals surface area contributed by atoms with E-state index in [4.69, 9.17) is 11.6 Å². The van der Waals surface area contributed by atoms with Crippen molar-refractivity contribution in [1.82, 2.24) is 5.32 Å². The van der Waals surface area contributed by atoms with Gasteiger partial charge in [0.2, 0.25) is 0 Å². The molecule has 0 aliphatic heterocycles. The molecule has 0 bridgehead atoms. The fourth-order valence-corrected chi connectivity index (χ4v) is 2.15. The Kier molecular flexibility index (Phi) is 4.00. The lowest BCUT2D eigenvalue weighted by Gasteiger charge is -2.18. The van der Waals surface area contributed by atoms with Crippen LogP contribution in [0.3, 0.4) is 0 Å². The van der Waals surface area contributed by atoms with Crippen LogP contribution in [0.2, 0.25) is 5.02 Å². The second kappa shape index (κ2) is 5.51. The second-order valence-corrected chi connectivity index (χ2v) is 4.73. The highest BCUT2D eigenvalue weighted by molar-refractivity contribution is 6.30. The van der Waals surface area contributed by atoms with E-state index >= 15 is 0 Å². The van der Waals surface area contributed by atoms with Crippen molar-refractivity contribution in [2.75, 3.05) is 7.05 Å². The van der Waals surface area contributed by atoms with Crippen LogP contribution in [0.5, 0.6) is 0 Å². The minimum absolute atomic E-state index is 0.164. The van der Waals surface area contributed by atoms with Gasteiger partial charge < -0.3 is 5.32 Å². The lowest BCUT2D eigenvalue weighted by molar-refractivity contribution is 0.575. The van der Waals surface area contributed by atoms with E-state index in [1.807, 2.05) is 50.4 Å². The van der Waals surface area contributed by atoms with Crippen LogP contribution in [-0.4, -0.2) is 7.05 Å². The molecular weight excluding hydrogens is 249 g/mol. The molecule has 0 aliphatic rings. The highest BCUT2D eigenvalue weighted by Crippen LogP contribution is 2.25. The highest BCUT2D eigenvalue weighted by atomic mass is 35.5. The molecule has 2 aromatic carbocycles. The summed E-state index contributed by atoms with van der Waals surface area (Å²) in [7, 11) is 1.82. The normalized spacial score (nSPS) is 12.4. The molecule has 0 saturated carbocycles. The number of rotatable bonds is 3. The van der Waals surface area contributed by atoms with Crippen LogP contribution in [0.1, 0.15) is 22.7 Å². The van der Waals surface area contributed by atoms with Crippen LogP contribution < -0.4 is 5.32 Å². The largest absolute Gasteiger partial charge is 0.309 e. The van der Waals surface area contributed by atoms with Gasteiger partial charge in [0.1, 0.15) is 5.82 Å². The molecule has 0 aromatic heterocycles. The molecule has 0 radical (unpaired) electrons. The summed E-state index contributed by atoms with van der Waals surface area (Å²) in [5.41, 5.74) is 2.55. The first-order valence-corrected chi connectivity index (χ1v) is 6.18. The van der Waals surface area contributed by atoms with Crippen LogP contribution in [0.4, 0.5) is 4.39 Å². The van der Waals surface area contributed by atoms with Crippen LogP contribution in [0, 0.1) is 12.7 Å². The minimum atomic E-state index is -0.190. The quantitative estimate of drug-likeness (QED) is 0.879. The van der Waals surface area contributed by atoms with Gasteiger partial charge in [0.15, 0.2) is 0 Å². The molecule has 18 heavy (non-hydrogen) atoms. The molecule has 1 unspecified atom stereocenters. The Morgan fingerprint density at radius 3 is 2.33 bits per heavy atom. The van der Waals surface area contributed by atoms with Crippen molar-refractivity contribution >= 4 is 11.6 Å². The number of benzene rings is 2. The number of hydrogen-bond donors (Lipinski definition) is 1. The Morgan fingerprint density at radius 1 is 1.11 bits per heavy atom. The molecule has 3 heteroatoms. The maximum atomic E-state index is 14.0. The van der Waals surface area contributed by atoms with Crippen molar-refractivity contribution in [3.8, 4) is 0 Å². The molecule has 0 fully saturated rings. The Balaban J connectivity index is 2.41. The zero-order chi connectivity index (χ0) is 13.1. The van der Waals surface area contributed by atoms with E-state index in [0.29, 0.717) is 10.6 Å². The zero-order valence-electron chi connectivity index (χ0n) is 10.4. The molecule has 0 aliphatic carbocycles. The van der Waals surface area contributed by atoms with Gasteiger partial charge in [0.05, 0.1) is 6.04 Å². The third-order valence-electron chi connectivity index (χ3n) is 2.96. The second-order valence-electron chi connectivity index (χ2n) is 4.30. The molecule has 1 atom stereocenters. The molecule has 94 valence electrons. The maximum absolute atomic E-state index is 14.0. The minimum Gasteiger partial charge on any atom is -0.309 e. The summed E-state index contributed by atoms with van der Waals surface area (Å²) in [6, 6.07) is 12.6. The third-order valence-corrected chi connectivity index (χ3v) is 3.21. The summed E-state index contributed by atoms with van der Waals surface area (Å²) in [4.78, 5) is 0. The SMILES string of the molecule is CNC(c1ccc(Cl)cc1)c1ccc(C)cc1F. The predicted molar refractivity (Wildman–Crippen MR) is 73.5 cm³/mol. The smallest absolute Gasteiger partial charge is 0.128 e. The average molecular weight is 264 g/mol.